The summed E-state index contributed by atoms with van der Waals surface area (Å²) in [6, 6.07) is 0. The third-order valence-corrected chi connectivity index (χ3v) is 3.15. The van der Waals surface area contributed by atoms with Gasteiger partial charge in [0.1, 0.15) is 5.78 Å². The van der Waals surface area contributed by atoms with Crippen molar-refractivity contribution < 1.29 is 4.79 Å². The van der Waals surface area contributed by atoms with Crippen molar-refractivity contribution in [2.45, 2.75) is 47.0 Å². The highest BCUT2D eigenvalue weighted by Gasteiger charge is 2.30. The van der Waals surface area contributed by atoms with Crippen molar-refractivity contribution in [3.8, 4) is 0 Å². The van der Waals surface area contributed by atoms with Gasteiger partial charge in [0.25, 0.3) is 0 Å². The van der Waals surface area contributed by atoms with E-state index in [1.165, 1.54) is 6.42 Å². The van der Waals surface area contributed by atoms with Crippen LogP contribution in [-0.4, -0.2) is 5.78 Å². The summed E-state index contributed by atoms with van der Waals surface area (Å²) in [5, 5.41) is 0. The quantitative estimate of drug-likeness (QED) is 0.640. The van der Waals surface area contributed by atoms with Crippen LogP contribution in [0.4, 0.5) is 0 Å². The normalized spacial score (nSPS) is 35.5. The van der Waals surface area contributed by atoms with Crippen molar-refractivity contribution in [1.29, 1.82) is 0 Å². The highest BCUT2D eigenvalue weighted by atomic mass is 16.1. The Bertz CT molecular complexity index is 170. The molecule has 1 rings (SSSR count). The highest BCUT2D eigenvalue weighted by molar-refractivity contribution is 5.83. The van der Waals surface area contributed by atoms with Crippen LogP contribution in [0, 0.1) is 23.7 Å². The fourth-order valence-corrected chi connectivity index (χ4v) is 2.67. The Morgan fingerprint density at radius 2 is 1.69 bits per heavy atom. The third-order valence-electron chi connectivity index (χ3n) is 3.15. The second kappa shape index (κ2) is 4.26. The van der Waals surface area contributed by atoms with Gasteiger partial charge < -0.3 is 0 Å². The van der Waals surface area contributed by atoms with Crippen LogP contribution in [-0.2, 0) is 4.79 Å². The van der Waals surface area contributed by atoms with Gasteiger partial charge in [0, 0.05) is 11.8 Å². The first kappa shape index (κ1) is 10.7. The Morgan fingerprint density at radius 1 is 1.23 bits per heavy atom. The first-order valence-corrected chi connectivity index (χ1v) is 5.54. The topological polar surface area (TPSA) is 17.1 Å². The Balaban J connectivity index is 2.48. The van der Waals surface area contributed by atoms with E-state index >= 15 is 0 Å². The predicted molar refractivity (Wildman–Crippen MR) is 55.5 cm³/mol. The van der Waals surface area contributed by atoms with Gasteiger partial charge >= 0.3 is 0 Å². The fraction of sp³-hybridized carbons (Fsp3) is 0.917. The van der Waals surface area contributed by atoms with Gasteiger partial charge in [-0.1, -0.05) is 27.7 Å². The number of Topliss-reactive ketones (excluding diaryl/α,β-unsaturated/α-hetero) is 1. The molecule has 0 amide bonds. The van der Waals surface area contributed by atoms with E-state index in [0.717, 1.165) is 24.7 Å². The van der Waals surface area contributed by atoms with E-state index in [4.69, 9.17) is 0 Å². The Labute approximate surface area is 81.9 Å². The molecule has 1 nitrogen and oxygen atoms in total. The molecule has 0 bridgehead atoms. The lowest BCUT2D eigenvalue weighted by Gasteiger charge is -2.31. The number of ketones is 1. The van der Waals surface area contributed by atoms with Crippen molar-refractivity contribution in [1.82, 2.24) is 0 Å². The summed E-state index contributed by atoms with van der Waals surface area (Å²) in [5.74, 6) is 2.68. The lowest BCUT2D eigenvalue weighted by Crippen LogP contribution is -2.30. The fourth-order valence-electron chi connectivity index (χ4n) is 2.67. The Hall–Kier alpha value is -0.330. The average molecular weight is 182 g/mol. The molecule has 1 aliphatic rings. The SMILES string of the molecule is CC(C)CC1CC(C)C(=O)C(C)C1. The first-order valence-electron chi connectivity index (χ1n) is 5.54. The van der Waals surface area contributed by atoms with Crippen LogP contribution in [0.3, 0.4) is 0 Å². The average Bonchev–Trinajstić information content (AvgIpc) is 1.98. The minimum absolute atomic E-state index is 0.312. The van der Waals surface area contributed by atoms with Gasteiger partial charge in [0.2, 0.25) is 0 Å². The van der Waals surface area contributed by atoms with Crippen molar-refractivity contribution in [2.24, 2.45) is 23.7 Å². The summed E-state index contributed by atoms with van der Waals surface area (Å²) in [7, 11) is 0. The van der Waals surface area contributed by atoms with E-state index in [1.54, 1.807) is 0 Å². The van der Waals surface area contributed by atoms with Gasteiger partial charge in [-0.25, -0.2) is 0 Å². The summed E-state index contributed by atoms with van der Waals surface area (Å²) in [5.41, 5.74) is 0. The van der Waals surface area contributed by atoms with Crippen molar-refractivity contribution >= 4 is 5.78 Å². The van der Waals surface area contributed by atoms with Gasteiger partial charge in [0.05, 0.1) is 0 Å². The van der Waals surface area contributed by atoms with E-state index in [0.29, 0.717) is 17.6 Å². The first-order chi connectivity index (χ1) is 6.00. The smallest absolute Gasteiger partial charge is 0.138 e. The molecule has 0 aromatic heterocycles. The third kappa shape index (κ3) is 2.82. The van der Waals surface area contributed by atoms with Gasteiger partial charge in [-0.15, -0.1) is 0 Å². The van der Waals surface area contributed by atoms with E-state index < -0.39 is 0 Å². The predicted octanol–water partition coefficient (Wildman–Crippen LogP) is 3.28. The molecule has 0 heterocycles. The maximum atomic E-state index is 11.6. The van der Waals surface area contributed by atoms with Crippen LogP contribution < -0.4 is 0 Å². The molecule has 0 spiro atoms. The molecule has 0 aromatic carbocycles. The Morgan fingerprint density at radius 3 is 2.08 bits per heavy atom. The monoisotopic (exact) mass is 182 g/mol. The molecule has 1 fully saturated rings. The van der Waals surface area contributed by atoms with Gasteiger partial charge in [-0.05, 0) is 31.1 Å². The van der Waals surface area contributed by atoms with Crippen LogP contribution >= 0.6 is 0 Å². The molecular formula is C12H22O. The maximum Gasteiger partial charge on any atom is 0.138 e. The van der Waals surface area contributed by atoms with E-state index in [1.807, 2.05) is 0 Å². The summed E-state index contributed by atoms with van der Waals surface area (Å²) < 4.78 is 0. The molecular weight excluding hydrogens is 160 g/mol. The molecule has 2 unspecified atom stereocenters. The molecule has 0 N–H and O–H groups in total. The standard InChI is InChI=1S/C12H22O/c1-8(2)5-11-6-9(3)12(13)10(4)7-11/h8-11H,5-7H2,1-4H3. The minimum atomic E-state index is 0.312. The van der Waals surface area contributed by atoms with Crippen molar-refractivity contribution in [2.75, 3.05) is 0 Å². The molecule has 0 saturated heterocycles. The highest BCUT2D eigenvalue weighted by Crippen LogP contribution is 2.33. The lowest BCUT2D eigenvalue weighted by molar-refractivity contribution is -0.129. The lowest BCUT2D eigenvalue weighted by atomic mass is 9.73. The van der Waals surface area contributed by atoms with Crippen molar-refractivity contribution in [3.63, 3.8) is 0 Å². The van der Waals surface area contributed by atoms with Crippen LogP contribution in [0.15, 0.2) is 0 Å². The molecule has 13 heavy (non-hydrogen) atoms. The second-order valence-electron chi connectivity index (χ2n) is 5.17. The molecule has 76 valence electrons. The van der Waals surface area contributed by atoms with Crippen LogP contribution in [0.25, 0.3) is 0 Å². The summed E-state index contributed by atoms with van der Waals surface area (Å²) in [6.45, 7) is 8.72. The van der Waals surface area contributed by atoms with Gasteiger partial charge in [0.15, 0.2) is 0 Å². The number of rotatable bonds is 2. The zero-order valence-electron chi connectivity index (χ0n) is 9.34. The van der Waals surface area contributed by atoms with Crippen molar-refractivity contribution in [3.05, 3.63) is 0 Å². The van der Waals surface area contributed by atoms with E-state index in [2.05, 4.69) is 27.7 Å². The minimum Gasteiger partial charge on any atom is -0.299 e. The Kier molecular flexibility index (Phi) is 3.52. The summed E-state index contributed by atoms with van der Waals surface area (Å²) in [6.07, 6.45) is 3.55. The number of carbonyl (C=O) groups is 1. The zero-order valence-corrected chi connectivity index (χ0v) is 9.34. The molecule has 0 aromatic rings. The number of carbonyl (C=O) groups excluding carboxylic acids is 1. The molecule has 1 heteroatoms. The maximum absolute atomic E-state index is 11.6. The van der Waals surface area contributed by atoms with Crippen LogP contribution in [0.2, 0.25) is 0 Å². The molecule has 1 aliphatic carbocycles. The summed E-state index contributed by atoms with van der Waals surface area (Å²) >= 11 is 0. The molecule has 0 aliphatic heterocycles. The van der Waals surface area contributed by atoms with Crippen LogP contribution in [0.5, 0.6) is 0 Å². The van der Waals surface area contributed by atoms with E-state index in [-0.39, 0.29) is 0 Å². The molecule has 1 saturated carbocycles. The van der Waals surface area contributed by atoms with Gasteiger partial charge in [-0.3, -0.25) is 4.79 Å². The van der Waals surface area contributed by atoms with E-state index in [9.17, 15) is 4.79 Å². The zero-order chi connectivity index (χ0) is 10.0. The summed E-state index contributed by atoms with van der Waals surface area (Å²) in [4.78, 5) is 11.6. The van der Waals surface area contributed by atoms with Crippen LogP contribution in [0.1, 0.15) is 47.0 Å². The largest absolute Gasteiger partial charge is 0.299 e. The molecule has 0 radical (unpaired) electrons. The van der Waals surface area contributed by atoms with Gasteiger partial charge in [-0.2, -0.15) is 0 Å². The second-order valence-corrected chi connectivity index (χ2v) is 5.17. The number of hydrogen-bond donors (Lipinski definition) is 0. The molecule has 2 atom stereocenters. The number of hydrogen-bond acceptors (Lipinski definition) is 1.